The van der Waals surface area contributed by atoms with Gasteiger partial charge in [-0.1, -0.05) is 29.3 Å². The maximum atomic E-state index is 11.3. The lowest BCUT2D eigenvalue weighted by Crippen LogP contribution is -2.50. The fourth-order valence-corrected chi connectivity index (χ4v) is 3.23. The van der Waals surface area contributed by atoms with Crippen molar-refractivity contribution < 1.29 is 8.42 Å². The van der Waals surface area contributed by atoms with Crippen LogP contribution in [-0.2, 0) is 10.0 Å². The molecule has 1 unspecified atom stereocenters. The summed E-state index contributed by atoms with van der Waals surface area (Å²) in [7, 11) is -3.24. The molecule has 1 atom stereocenters. The minimum Gasteiger partial charge on any atom is -0.308 e. The van der Waals surface area contributed by atoms with Gasteiger partial charge >= 0.3 is 0 Å². The molecule has 0 bridgehead atoms. The van der Waals surface area contributed by atoms with Crippen LogP contribution in [0.4, 0.5) is 0 Å². The van der Waals surface area contributed by atoms with Gasteiger partial charge in [-0.15, -0.1) is 0 Å². The molecule has 4 nitrogen and oxygen atoms in total. The SMILES string of the molecule is CC(NCC(C)(C)NS(C)(=O)=O)c1ccc(Cl)c(Cl)c1. The van der Waals surface area contributed by atoms with E-state index in [1.807, 2.05) is 26.8 Å². The van der Waals surface area contributed by atoms with Gasteiger partial charge in [-0.2, -0.15) is 0 Å². The first-order chi connectivity index (χ1) is 9.00. The average molecular weight is 339 g/mol. The highest BCUT2D eigenvalue weighted by atomic mass is 35.5. The van der Waals surface area contributed by atoms with Crippen LogP contribution in [0.2, 0.25) is 10.0 Å². The Hall–Kier alpha value is -0.330. The Kier molecular flexibility index (Phi) is 5.87. The molecule has 0 heterocycles. The van der Waals surface area contributed by atoms with Gasteiger partial charge in [0.05, 0.1) is 16.3 Å². The van der Waals surface area contributed by atoms with Crippen molar-refractivity contribution in [3.05, 3.63) is 33.8 Å². The zero-order chi connectivity index (χ0) is 15.6. The molecule has 0 aliphatic heterocycles. The maximum absolute atomic E-state index is 11.3. The van der Waals surface area contributed by atoms with Crippen LogP contribution in [0.15, 0.2) is 18.2 Å². The molecule has 0 aromatic heterocycles. The quantitative estimate of drug-likeness (QED) is 0.838. The molecule has 1 rings (SSSR count). The molecule has 7 heteroatoms. The largest absolute Gasteiger partial charge is 0.308 e. The number of nitrogens with one attached hydrogen (secondary N) is 2. The molecule has 2 N–H and O–H groups in total. The first kappa shape index (κ1) is 17.7. The third-order valence-corrected chi connectivity index (χ3v) is 4.42. The second kappa shape index (κ2) is 6.62. The summed E-state index contributed by atoms with van der Waals surface area (Å²) in [6.07, 6.45) is 1.15. The molecule has 0 aliphatic rings. The highest BCUT2D eigenvalue weighted by Crippen LogP contribution is 2.25. The van der Waals surface area contributed by atoms with Gasteiger partial charge < -0.3 is 5.32 Å². The fraction of sp³-hybridized carbons (Fsp3) is 0.538. The lowest BCUT2D eigenvalue weighted by molar-refractivity contribution is 0.399. The summed E-state index contributed by atoms with van der Waals surface area (Å²) in [5.41, 5.74) is 0.424. The summed E-state index contributed by atoms with van der Waals surface area (Å²) in [5, 5.41) is 4.30. The average Bonchev–Trinajstić information content (AvgIpc) is 2.26. The minimum absolute atomic E-state index is 0.0328. The summed E-state index contributed by atoms with van der Waals surface area (Å²) in [6, 6.07) is 5.48. The number of hydrogen-bond donors (Lipinski definition) is 2. The summed E-state index contributed by atoms with van der Waals surface area (Å²) in [6.45, 7) is 6.11. The van der Waals surface area contributed by atoms with E-state index in [-0.39, 0.29) is 6.04 Å². The minimum atomic E-state index is -3.24. The fourth-order valence-electron chi connectivity index (χ4n) is 1.85. The maximum Gasteiger partial charge on any atom is 0.209 e. The molecule has 1 aromatic carbocycles. The molecular formula is C13H20Cl2N2O2S. The number of benzene rings is 1. The van der Waals surface area contributed by atoms with Crippen LogP contribution in [0.3, 0.4) is 0 Å². The van der Waals surface area contributed by atoms with E-state index in [4.69, 9.17) is 23.2 Å². The van der Waals surface area contributed by atoms with Crippen LogP contribution in [0.1, 0.15) is 32.4 Å². The zero-order valence-electron chi connectivity index (χ0n) is 12.0. The second-order valence-electron chi connectivity index (χ2n) is 5.53. The zero-order valence-corrected chi connectivity index (χ0v) is 14.3. The predicted octanol–water partition coefficient (Wildman–Crippen LogP) is 2.97. The van der Waals surface area contributed by atoms with Gasteiger partial charge in [-0.25, -0.2) is 13.1 Å². The molecule has 20 heavy (non-hydrogen) atoms. The van der Waals surface area contributed by atoms with Crippen LogP contribution in [0.25, 0.3) is 0 Å². The first-order valence-corrected chi connectivity index (χ1v) is 8.82. The van der Waals surface area contributed by atoms with Crippen molar-refractivity contribution in [2.24, 2.45) is 0 Å². The van der Waals surface area contributed by atoms with Crippen molar-refractivity contribution >= 4 is 33.2 Å². The number of halogens is 2. The van der Waals surface area contributed by atoms with Crippen LogP contribution >= 0.6 is 23.2 Å². The lowest BCUT2D eigenvalue weighted by atomic mass is 10.0. The van der Waals surface area contributed by atoms with Crippen molar-refractivity contribution in [2.45, 2.75) is 32.4 Å². The number of rotatable bonds is 6. The Bertz CT molecular complexity index is 574. The van der Waals surface area contributed by atoms with E-state index >= 15 is 0 Å². The lowest BCUT2D eigenvalue weighted by Gasteiger charge is -2.27. The second-order valence-corrected chi connectivity index (χ2v) is 8.10. The molecule has 0 radical (unpaired) electrons. The third kappa shape index (κ3) is 5.97. The van der Waals surface area contributed by atoms with E-state index in [9.17, 15) is 8.42 Å². The van der Waals surface area contributed by atoms with Crippen LogP contribution in [0.5, 0.6) is 0 Å². The van der Waals surface area contributed by atoms with Crippen molar-refractivity contribution in [3.8, 4) is 0 Å². The standard InChI is InChI=1S/C13H20Cl2N2O2S/c1-9(10-5-6-11(14)12(15)7-10)16-8-13(2,3)17-20(4,18)19/h5-7,9,16-17H,8H2,1-4H3. The van der Waals surface area contributed by atoms with Crippen LogP contribution in [0, 0.1) is 0 Å². The summed E-state index contributed by atoms with van der Waals surface area (Å²) >= 11 is 11.9. The van der Waals surface area contributed by atoms with E-state index in [0.717, 1.165) is 11.8 Å². The highest BCUT2D eigenvalue weighted by molar-refractivity contribution is 7.88. The Morgan fingerprint density at radius 3 is 2.35 bits per heavy atom. The molecular weight excluding hydrogens is 319 g/mol. The molecule has 0 aliphatic carbocycles. The number of hydrogen-bond acceptors (Lipinski definition) is 3. The molecule has 0 saturated heterocycles. The molecule has 1 aromatic rings. The molecule has 0 fully saturated rings. The molecule has 114 valence electrons. The van der Waals surface area contributed by atoms with Gasteiger partial charge in [0.15, 0.2) is 0 Å². The van der Waals surface area contributed by atoms with Crippen LogP contribution < -0.4 is 10.0 Å². The summed E-state index contributed by atoms with van der Waals surface area (Å²) < 4.78 is 25.1. The predicted molar refractivity (Wildman–Crippen MR) is 84.9 cm³/mol. The summed E-state index contributed by atoms with van der Waals surface area (Å²) in [4.78, 5) is 0. The Morgan fingerprint density at radius 2 is 1.85 bits per heavy atom. The first-order valence-electron chi connectivity index (χ1n) is 6.17. The van der Waals surface area contributed by atoms with E-state index < -0.39 is 15.6 Å². The molecule has 0 saturated carbocycles. The van der Waals surface area contributed by atoms with Crippen LogP contribution in [-0.4, -0.2) is 26.8 Å². The smallest absolute Gasteiger partial charge is 0.209 e. The molecule has 0 amide bonds. The normalized spacial score (nSPS) is 14.3. The van der Waals surface area contributed by atoms with Gasteiger partial charge in [-0.05, 0) is 38.5 Å². The van der Waals surface area contributed by atoms with Crippen molar-refractivity contribution in [3.63, 3.8) is 0 Å². The third-order valence-electron chi connectivity index (χ3n) is 2.76. The van der Waals surface area contributed by atoms with Gasteiger partial charge in [0.1, 0.15) is 0 Å². The van der Waals surface area contributed by atoms with Gasteiger partial charge in [0, 0.05) is 18.1 Å². The number of sulfonamides is 1. The Morgan fingerprint density at radius 1 is 1.25 bits per heavy atom. The monoisotopic (exact) mass is 338 g/mol. The highest BCUT2D eigenvalue weighted by Gasteiger charge is 2.22. The van der Waals surface area contributed by atoms with Crippen molar-refractivity contribution in [1.82, 2.24) is 10.0 Å². The van der Waals surface area contributed by atoms with E-state index in [1.165, 1.54) is 0 Å². The van der Waals surface area contributed by atoms with Crippen molar-refractivity contribution in [1.29, 1.82) is 0 Å². The molecule has 0 spiro atoms. The van der Waals surface area contributed by atoms with Crippen molar-refractivity contribution in [2.75, 3.05) is 12.8 Å². The Balaban J connectivity index is 2.67. The Labute approximate surface area is 130 Å². The summed E-state index contributed by atoms with van der Waals surface area (Å²) in [5.74, 6) is 0. The van der Waals surface area contributed by atoms with E-state index in [2.05, 4.69) is 10.0 Å². The van der Waals surface area contributed by atoms with Gasteiger partial charge in [0.2, 0.25) is 10.0 Å². The van der Waals surface area contributed by atoms with Gasteiger partial charge in [-0.3, -0.25) is 0 Å². The van der Waals surface area contributed by atoms with Gasteiger partial charge in [0.25, 0.3) is 0 Å². The topological polar surface area (TPSA) is 58.2 Å². The van der Waals surface area contributed by atoms with E-state index in [0.29, 0.717) is 16.6 Å². The van der Waals surface area contributed by atoms with E-state index in [1.54, 1.807) is 12.1 Å².